The topological polar surface area (TPSA) is 6.48 Å². The first kappa shape index (κ1) is 47.3. The number of hydrogen-bond acceptors (Lipinski definition) is 2. The third-order valence-electron chi connectivity index (χ3n) is 15.7. The molecule has 0 amide bonds. The van der Waals surface area contributed by atoms with Gasteiger partial charge in [-0.15, -0.1) is 0 Å². The highest BCUT2D eigenvalue weighted by molar-refractivity contribution is 6.88. The van der Waals surface area contributed by atoms with Crippen LogP contribution in [0.2, 0.25) is 19.6 Å². The van der Waals surface area contributed by atoms with Crippen LogP contribution in [0, 0.1) is 17.8 Å². The molecule has 0 unspecified atom stereocenters. The van der Waals surface area contributed by atoms with Crippen LogP contribution in [0.3, 0.4) is 0 Å². The predicted molar refractivity (Wildman–Crippen MR) is 309 cm³/mol. The smallest absolute Gasteiger partial charge is 0.0775 e. The van der Waals surface area contributed by atoms with Crippen molar-refractivity contribution in [2.45, 2.75) is 113 Å². The highest BCUT2D eigenvalue weighted by atomic mass is 28.3. The Kier molecular flexibility index (Phi) is 11.6. The summed E-state index contributed by atoms with van der Waals surface area (Å²) in [6, 6.07) is 65.5. The molecular weight excluding hydrogens is 861 g/mol. The van der Waals surface area contributed by atoms with Crippen molar-refractivity contribution in [1.82, 2.24) is 0 Å². The average molecular weight is 933 g/mol. The van der Waals surface area contributed by atoms with E-state index in [9.17, 15) is 0 Å². The van der Waals surface area contributed by atoms with Gasteiger partial charge in [0.25, 0.3) is 0 Å². The fourth-order valence-electron chi connectivity index (χ4n) is 12.5. The number of nitrogens with zero attached hydrogens (tertiary/aromatic N) is 2. The molecule has 0 aliphatic heterocycles. The molecule has 0 heterocycles. The maximum atomic E-state index is 2.49. The number of anilines is 6. The standard InChI is InChI=1S/C67H72N2Si/c1-43(2)46-21-28-50(29-22-46)68(52-32-36-55(37-33-52)70(12,13)14)53-34-39-56-48(41-53)25-38-60-62-58-18-16-15-17-57(58)61-42-54(35-40-59(61)64(62)67(63(56)60,65(6,7)8)66(9,10)11)69(49-26-19-45(5)20-27-49)51-30-23-47(24-31-51)44(3)4/h15-44H,1-14H3. The fraction of sp³-hybridized carbons (Fsp3) is 0.284. The number of benzene rings is 9. The Balaban J connectivity index is 1.22. The Labute approximate surface area is 420 Å². The largest absolute Gasteiger partial charge is 0.310 e. The lowest BCUT2D eigenvalue weighted by atomic mass is 9.49. The molecule has 354 valence electrons. The molecule has 1 aliphatic carbocycles. The molecule has 10 rings (SSSR count). The van der Waals surface area contributed by atoms with Gasteiger partial charge in [-0.25, -0.2) is 0 Å². The van der Waals surface area contributed by atoms with E-state index in [1.54, 1.807) is 0 Å². The number of hydrogen-bond donors (Lipinski definition) is 0. The summed E-state index contributed by atoms with van der Waals surface area (Å²) in [4.78, 5) is 4.89. The van der Waals surface area contributed by atoms with Crippen LogP contribution in [0.5, 0.6) is 0 Å². The molecule has 1 aliphatic rings. The third-order valence-corrected chi connectivity index (χ3v) is 17.8. The Morgan fingerprint density at radius 1 is 0.414 bits per heavy atom. The van der Waals surface area contributed by atoms with E-state index in [1.165, 1.54) is 93.5 Å². The van der Waals surface area contributed by atoms with Gasteiger partial charge in [-0.1, -0.05) is 197 Å². The summed E-state index contributed by atoms with van der Waals surface area (Å²) < 4.78 is 0. The van der Waals surface area contributed by atoms with Gasteiger partial charge in [0.1, 0.15) is 0 Å². The first-order valence-electron chi connectivity index (χ1n) is 25.7. The molecule has 0 fully saturated rings. The first-order valence-corrected chi connectivity index (χ1v) is 29.2. The number of rotatable bonds is 9. The van der Waals surface area contributed by atoms with Crippen LogP contribution in [0.4, 0.5) is 34.1 Å². The maximum Gasteiger partial charge on any atom is 0.0775 e. The van der Waals surface area contributed by atoms with Gasteiger partial charge in [-0.3, -0.25) is 0 Å². The predicted octanol–water partition coefficient (Wildman–Crippen LogP) is 19.5. The molecule has 0 saturated carbocycles. The van der Waals surface area contributed by atoms with Crippen LogP contribution >= 0.6 is 0 Å². The zero-order chi connectivity index (χ0) is 49.7. The van der Waals surface area contributed by atoms with E-state index in [0.717, 1.165) is 17.1 Å². The van der Waals surface area contributed by atoms with Crippen LogP contribution in [0.15, 0.2) is 170 Å². The second-order valence-electron chi connectivity index (χ2n) is 24.0. The summed E-state index contributed by atoms with van der Waals surface area (Å²) in [5.74, 6) is 0.929. The van der Waals surface area contributed by atoms with Crippen molar-refractivity contribution in [2.24, 2.45) is 10.8 Å². The van der Waals surface area contributed by atoms with Crippen molar-refractivity contribution in [1.29, 1.82) is 0 Å². The van der Waals surface area contributed by atoms with Crippen LogP contribution in [-0.2, 0) is 5.41 Å². The molecule has 0 radical (unpaired) electrons. The molecule has 0 saturated heterocycles. The summed E-state index contributed by atoms with van der Waals surface area (Å²) in [5, 5.41) is 9.29. The zero-order valence-electron chi connectivity index (χ0n) is 44.2. The normalized spacial score (nSPS) is 13.7. The van der Waals surface area contributed by atoms with E-state index in [-0.39, 0.29) is 16.2 Å². The Morgan fingerprint density at radius 2 is 0.857 bits per heavy atom. The second-order valence-corrected chi connectivity index (χ2v) is 29.0. The van der Waals surface area contributed by atoms with Gasteiger partial charge in [0.2, 0.25) is 0 Å². The summed E-state index contributed by atoms with van der Waals surface area (Å²) in [6.45, 7) is 33.5. The van der Waals surface area contributed by atoms with Gasteiger partial charge in [0.15, 0.2) is 0 Å². The Bertz CT molecular complexity index is 3400. The molecule has 0 bridgehead atoms. The van der Waals surface area contributed by atoms with Crippen molar-refractivity contribution in [2.75, 3.05) is 9.80 Å². The summed E-state index contributed by atoms with van der Waals surface area (Å²) in [6.07, 6.45) is 0. The van der Waals surface area contributed by atoms with Gasteiger partial charge < -0.3 is 9.80 Å². The molecule has 0 atom stereocenters. The van der Waals surface area contributed by atoms with Gasteiger partial charge in [-0.2, -0.15) is 0 Å². The quantitative estimate of drug-likeness (QED) is 0.105. The molecular formula is C67H72N2Si. The van der Waals surface area contributed by atoms with Crippen molar-refractivity contribution in [3.8, 4) is 11.1 Å². The average Bonchev–Trinajstić information content (AvgIpc) is 3.67. The van der Waals surface area contributed by atoms with Gasteiger partial charge in [0.05, 0.1) is 8.07 Å². The van der Waals surface area contributed by atoms with Gasteiger partial charge in [0, 0.05) is 39.5 Å². The molecule has 9 aromatic rings. The van der Waals surface area contributed by atoms with Gasteiger partial charge >= 0.3 is 0 Å². The van der Waals surface area contributed by atoms with E-state index in [4.69, 9.17) is 0 Å². The summed E-state index contributed by atoms with van der Waals surface area (Å²) >= 11 is 0. The van der Waals surface area contributed by atoms with Crippen LogP contribution < -0.4 is 15.0 Å². The Hall–Kier alpha value is -6.42. The first-order chi connectivity index (χ1) is 33.2. The summed E-state index contributed by atoms with van der Waals surface area (Å²) in [7, 11) is -1.49. The van der Waals surface area contributed by atoms with Crippen molar-refractivity contribution >= 4 is 79.7 Å². The highest BCUT2D eigenvalue weighted by Crippen LogP contribution is 2.68. The van der Waals surface area contributed by atoms with Crippen LogP contribution in [-0.4, -0.2) is 8.07 Å². The van der Waals surface area contributed by atoms with Gasteiger partial charge in [-0.05, 0) is 168 Å². The number of aryl methyl sites for hydroxylation is 1. The van der Waals surface area contributed by atoms with Crippen molar-refractivity contribution < 1.29 is 0 Å². The molecule has 3 heteroatoms. The van der Waals surface area contributed by atoms with Crippen LogP contribution in [0.1, 0.15) is 109 Å². The maximum absolute atomic E-state index is 2.49. The minimum Gasteiger partial charge on any atom is -0.310 e. The van der Waals surface area contributed by atoms with Crippen LogP contribution in [0.25, 0.3) is 43.4 Å². The monoisotopic (exact) mass is 933 g/mol. The lowest BCUT2D eigenvalue weighted by Gasteiger charge is -2.54. The van der Waals surface area contributed by atoms with E-state index in [1.807, 2.05) is 0 Å². The minimum atomic E-state index is -1.49. The SMILES string of the molecule is Cc1ccc(N(c2ccc(C(C)C)cc2)c2ccc3c4c(c5ccccc5c3c2)-c2ccc3cc(N(c5ccc(C(C)C)cc5)c5ccc([Si](C)(C)C)cc5)ccc3c2C4(C(C)(C)C)C(C)(C)C)cc1. The molecule has 9 aromatic carbocycles. The Morgan fingerprint density at radius 3 is 1.34 bits per heavy atom. The third kappa shape index (κ3) is 7.68. The molecule has 0 spiro atoms. The van der Waals surface area contributed by atoms with Crippen molar-refractivity contribution in [3.05, 3.63) is 198 Å². The van der Waals surface area contributed by atoms with E-state index in [2.05, 4.69) is 275 Å². The van der Waals surface area contributed by atoms with Crippen molar-refractivity contribution in [3.63, 3.8) is 0 Å². The summed E-state index contributed by atoms with van der Waals surface area (Å²) in [5.41, 5.74) is 15.8. The minimum absolute atomic E-state index is 0.180. The molecule has 2 nitrogen and oxygen atoms in total. The molecule has 0 N–H and O–H groups in total. The van der Waals surface area contributed by atoms with E-state index < -0.39 is 8.07 Å². The fourth-order valence-corrected chi connectivity index (χ4v) is 13.7. The molecule has 0 aromatic heterocycles. The molecule has 70 heavy (non-hydrogen) atoms. The van der Waals surface area contributed by atoms with E-state index in [0.29, 0.717) is 11.8 Å². The highest BCUT2D eigenvalue weighted by Gasteiger charge is 2.59. The zero-order valence-corrected chi connectivity index (χ0v) is 45.2. The second kappa shape index (κ2) is 17.2. The lowest BCUT2D eigenvalue weighted by molar-refractivity contribution is 0.0977. The number of fused-ring (bicyclic) bond motifs is 10. The van der Waals surface area contributed by atoms with E-state index >= 15 is 0 Å². The lowest BCUT2D eigenvalue weighted by Crippen LogP contribution is -2.50.